The van der Waals surface area contributed by atoms with Gasteiger partial charge in [-0.2, -0.15) is 0 Å². The minimum absolute atomic E-state index is 0.252. The zero-order valence-corrected chi connectivity index (χ0v) is 12.0. The van der Waals surface area contributed by atoms with Gasteiger partial charge in [-0.25, -0.2) is 4.39 Å². The number of carbonyl (C=O) groups is 1. The summed E-state index contributed by atoms with van der Waals surface area (Å²) in [6.07, 6.45) is 3.34. The minimum atomic E-state index is -0.388. The van der Waals surface area contributed by atoms with Crippen molar-refractivity contribution in [1.29, 1.82) is 0 Å². The molecule has 1 aromatic carbocycles. The molecule has 0 atom stereocenters. The molecule has 0 spiro atoms. The first-order chi connectivity index (χ1) is 10.6. The second kappa shape index (κ2) is 5.89. The molecule has 3 rings (SSSR count). The quantitative estimate of drug-likeness (QED) is 0.808. The Bertz CT molecular complexity index is 834. The van der Waals surface area contributed by atoms with Gasteiger partial charge < -0.3 is 5.32 Å². The molecule has 1 N–H and O–H groups in total. The smallest absolute Gasteiger partial charge is 0.252 e. The third kappa shape index (κ3) is 2.93. The fourth-order valence-corrected chi connectivity index (χ4v) is 2.30. The van der Waals surface area contributed by atoms with Crippen LogP contribution in [0.2, 0.25) is 0 Å². The van der Waals surface area contributed by atoms with Crippen LogP contribution in [0.5, 0.6) is 0 Å². The lowest BCUT2D eigenvalue weighted by atomic mass is 10.1. The number of fused-ring (bicyclic) bond motifs is 1. The maximum atomic E-state index is 13.5. The summed E-state index contributed by atoms with van der Waals surface area (Å²) < 4.78 is 13.5. The first kappa shape index (κ1) is 14.1. The van der Waals surface area contributed by atoms with Crippen molar-refractivity contribution in [3.8, 4) is 0 Å². The van der Waals surface area contributed by atoms with Crippen molar-refractivity contribution in [2.45, 2.75) is 13.5 Å². The van der Waals surface area contributed by atoms with Crippen molar-refractivity contribution in [3.63, 3.8) is 0 Å². The molecule has 2 aromatic heterocycles. The summed E-state index contributed by atoms with van der Waals surface area (Å²) in [5.74, 6) is -0.640. The summed E-state index contributed by atoms with van der Waals surface area (Å²) in [6, 6.07) is 9.59. The molecule has 0 radical (unpaired) electrons. The van der Waals surface area contributed by atoms with Crippen molar-refractivity contribution in [2.75, 3.05) is 0 Å². The second-order valence-corrected chi connectivity index (χ2v) is 5.01. The van der Waals surface area contributed by atoms with E-state index in [4.69, 9.17) is 0 Å². The van der Waals surface area contributed by atoms with Crippen LogP contribution in [0.25, 0.3) is 10.9 Å². The van der Waals surface area contributed by atoms with Crippen LogP contribution < -0.4 is 5.32 Å². The van der Waals surface area contributed by atoms with E-state index in [1.54, 1.807) is 24.5 Å². The van der Waals surface area contributed by atoms with Crippen molar-refractivity contribution in [3.05, 3.63) is 71.4 Å². The van der Waals surface area contributed by atoms with Gasteiger partial charge in [0.15, 0.2) is 0 Å². The van der Waals surface area contributed by atoms with E-state index >= 15 is 0 Å². The maximum Gasteiger partial charge on any atom is 0.252 e. The average molecular weight is 295 g/mol. The van der Waals surface area contributed by atoms with E-state index in [2.05, 4.69) is 15.3 Å². The highest BCUT2D eigenvalue weighted by atomic mass is 19.1. The molecule has 0 aliphatic heterocycles. The number of hydrogen-bond acceptors (Lipinski definition) is 3. The van der Waals surface area contributed by atoms with Gasteiger partial charge in [-0.05, 0) is 48.9 Å². The molecule has 0 unspecified atom stereocenters. The molecule has 1 amide bonds. The molecule has 22 heavy (non-hydrogen) atoms. The summed E-state index contributed by atoms with van der Waals surface area (Å²) in [5, 5.41) is 3.35. The summed E-state index contributed by atoms with van der Waals surface area (Å²) >= 11 is 0. The Morgan fingerprint density at radius 1 is 1.18 bits per heavy atom. The Hall–Kier alpha value is -2.82. The number of aryl methyl sites for hydroxylation is 1. The van der Waals surface area contributed by atoms with Crippen LogP contribution in [-0.4, -0.2) is 15.9 Å². The number of amides is 1. The standard InChI is InChI=1S/C17H14FN3O/c1-11-8-15(14-9-13(18)2-3-16(14)21-11)17(22)20-10-12-4-6-19-7-5-12/h2-9H,10H2,1H3,(H,20,22). The molecule has 110 valence electrons. The summed E-state index contributed by atoms with van der Waals surface area (Å²) in [5.41, 5.74) is 2.70. The Labute approximate surface area is 127 Å². The SMILES string of the molecule is Cc1cc(C(=O)NCc2ccncc2)c2cc(F)ccc2n1. The van der Waals surface area contributed by atoms with Crippen LogP contribution in [0.1, 0.15) is 21.6 Å². The van der Waals surface area contributed by atoms with Gasteiger partial charge in [0.05, 0.1) is 11.1 Å². The van der Waals surface area contributed by atoms with Crippen molar-refractivity contribution < 1.29 is 9.18 Å². The molecule has 2 heterocycles. The molecule has 0 saturated heterocycles. The zero-order valence-electron chi connectivity index (χ0n) is 12.0. The lowest BCUT2D eigenvalue weighted by molar-refractivity contribution is 0.0952. The average Bonchev–Trinajstić information content (AvgIpc) is 2.53. The van der Waals surface area contributed by atoms with Crippen molar-refractivity contribution >= 4 is 16.8 Å². The van der Waals surface area contributed by atoms with Crippen molar-refractivity contribution in [2.24, 2.45) is 0 Å². The molecular weight excluding hydrogens is 281 g/mol. The van der Waals surface area contributed by atoms with Gasteiger partial charge in [0.1, 0.15) is 5.82 Å². The molecule has 0 bridgehead atoms. The Morgan fingerprint density at radius 3 is 2.73 bits per heavy atom. The summed E-state index contributed by atoms with van der Waals surface area (Å²) in [7, 11) is 0. The normalized spacial score (nSPS) is 10.6. The first-order valence-corrected chi connectivity index (χ1v) is 6.87. The van der Waals surface area contributed by atoms with Crippen LogP contribution in [-0.2, 0) is 6.54 Å². The molecule has 0 aliphatic carbocycles. The van der Waals surface area contributed by atoms with Gasteiger partial charge in [0.25, 0.3) is 5.91 Å². The summed E-state index contributed by atoms with van der Waals surface area (Å²) in [6.45, 7) is 2.20. The Balaban J connectivity index is 1.91. The van der Waals surface area contributed by atoms with Crippen LogP contribution in [0.4, 0.5) is 4.39 Å². The first-order valence-electron chi connectivity index (χ1n) is 6.87. The van der Waals surface area contributed by atoms with E-state index in [1.165, 1.54) is 12.1 Å². The Morgan fingerprint density at radius 2 is 1.95 bits per heavy atom. The number of aromatic nitrogens is 2. The van der Waals surface area contributed by atoms with Gasteiger partial charge in [-0.1, -0.05) is 0 Å². The van der Waals surface area contributed by atoms with Gasteiger partial charge >= 0.3 is 0 Å². The van der Waals surface area contributed by atoms with Crippen molar-refractivity contribution in [1.82, 2.24) is 15.3 Å². The highest BCUT2D eigenvalue weighted by Gasteiger charge is 2.12. The number of nitrogens with zero attached hydrogens (tertiary/aromatic N) is 2. The number of pyridine rings is 2. The Kier molecular flexibility index (Phi) is 3.78. The number of carbonyl (C=O) groups excluding carboxylic acids is 1. The van der Waals surface area contributed by atoms with Crippen LogP contribution in [0.15, 0.2) is 48.8 Å². The van der Waals surface area contributed by atoms with E-state index < -0.39 is 0 Å². The van der Waals surface area contributed by atoms with E-state index in [0.29, 0.717) is 28.7 Å². The highest BCUT2D eigenvalue weighted by molar-refractivity contribution is 6.06. The van der Waals surface area contributed by atoms with Gasteiger partial charge in [0.2, 0.25) is 0 Å². The molecule has 0 fully saturated rings. The van der Waals surface area contributed by atoms with Crippen LogP contribution >= 0.6 is 0 Å². The van der Waals surface area contributed by atoms with E-state index in [1.807, 2.05) is 19.1 Å². The number of rotatable bonds is 3. The van der Waals surface area contributed by atoms with E-state index in [9.17, 15) is 9.18 Å². The largest absolute Gasteiger partial charge is 0.348 e. The van der Waals surface area contributed by atoms with Gasteiger partial charge in [-0.3, -0.25) is 14.8 Å². The number of nitrogens with one attached hydrogen (secondary N) is 1. The molecule has 5 heteroatoms. The lowest BCUT2D eigenvalue weighted by Crippen LogP contribution is -2.23. The topological polar surface area (TPSA) is 54.9 Å². The van der Waals surface area contributed by atoms with Crippen LogP contribution in [0, 0.1) is 12.7 Å². The molecule has 0 saturated carbocycles. The maximum absolute atomic E-state index is 13.5. The lowest BCUT2D eigenvalue weighted by Gasteiger charge is -2.09. The molecule has 0 aliphatic rings. The third-order valence-electron chi connectivity index (χ3n) is 3.35. The minimum Gasteiger partial charge on any atom is -0.348 e. The monoisotopic (exact) mass is 295 g/mol. The molecule has 4 nitrogen and oxygen atoms in total. The number of benzene rings is 1. The fourth-order valence-electron chi connectivity index (χ4n) is 2.30. The van der Waals surface area contributed by atoms with Gasteiger partial charge in [-0.15, -0.1) is 0 Å². The summed E-state index contributed by atoms with van der Waals surface area (Å²) in [4.78, 5) is 20.7. The van der Waals surface area contributed by atoms with Gasteiger partial charge in [0, 0.05) is 30.0 Å². The molecular formula is C17H14FN3O. The highest BCUT2D eigenvalue weighted by Crippen LogP contribution is 2.19. The third-order valence-corrected chi connectivity index (χ3v) is 3.35. The van der Waals surface area contributed by atoms with Crippen LogP contribution in [0.3, 0.4) is 0 Å². The molecule has 3 aromatic rings. The predicted molar refractivity (Wildman–Crippen MR) is 81.8 cm³/mol. The predicted octanol–water partition coefficient (Wildman–Crippen LogP) is 3.01. The zero-order chi connectivity index (χ0) is 15.5. The van der Waals surface area contributed by atoms with E-state index in [-0.39, 0.29) is 11.7 Å². The number of halogens is 1. The second-order valence-electron chi connectivity index (χ2n) is 5.01. The number of hydrogen-bond donors (Lipinski definition) is 1. The van der Waals surface area contributed by atoms with E-state index in [0.717, 1.165) is 5.56 Å². The fraction of sp³-hybridized carbons (Fsp3) is 0.118.